The van der Waals surface area contributed by atoms with E-state index < -0.39 is 0 Å². The molecule has 2 nitrogen and oxygen atoms in total. The minimum absolute atomic E-state index is 0.692. The van der Waals surface area contributed by atoms with E-state index in [0.29, 0.717) is 12.1 Å². The number of fused-ring (bicyclic) bond motifs is 3. The van der Waals surface area contributed by atoms with Crippen molar-refractivity contribution in [1.29, 1.82) is 0 Å². The molecule has 0 amide bonds. The molecule has 0 aromatic heterocycles. The second kappa shape index (κ2) is 7.30. The van der Waals surface area contributed by atoms with Gasteiger partial charge in [-0.15, -0.1) is 0 Å². The van der Waals surface area contributed by atoms with Crippen molar-refractivity contribution in [2.45, 2.75) is 76.3 Å². The average molecular weight is 464 g/mol. The molecule has 0 spiro atoms. The summed E-state index contributed by atoms with van der Waals surface area (Å²) in [6.07, 6.45) is 14.9. The second-order valence-electron chi connectivity index (χ2n) is 13.8. The molecule has 11 rings (SSSR count). The predicted octanol–water partition coefficient (Wildman–Crippen LogP) is 7.75. The molecular formula is C33H39N2. The van der Waals surface area contributed by atoms with Gasteiger partial charge in [0.05, 0.1) is 0 Å². The summed E-state index contributed by atoms with van der Waals surface area (Å²) in [5, 5.41) is 0. The van der Waals surface area contributed by atoms with E-state index in [0.717, 1.165) is 47.3 Å². The van der Waals surface area contributed by atoms with Gasteiger partial charge < -0.3 is 9.80 Å². The normalized spacial score (nSPS) is 44.3. The maximum absolute atomic E-state index is 2.85. The zero-order valence-electron chi connectivity index (χ0n) is 20.9. The molecule has 2 aromatic rings. The third-order valence-corrected chi connectivity index (χ3v) is 11.9. The molecule has 2 aromatic carbocycles. The third-order valence-electron chi connectivity index (χ3n) is 11.9. The lowest BCUT2D eigenvalue weighted by Gasteiger charge is -2.60. The summed E-state index contributed by atoms with van der Waals surface area (Å²) in [7, 11) is 0. The van der Waals surface area contributed by atoms with Gasteiger partial charge in [0.2, 0.25) is 0 Å². The van der Waals surface area contributed by atoms with Crippen molar-refractivity contribution >= 4 is 11.4 Å². The molecule has 8 saturated carbocycles. The molecule has 8 bridgehead atoms. The Morgan fingerprint density at radius 1 is 0.429 bits per heavy atom. The van der Waals surface area contributed by atoms with Gasteiger partial charge in [-0.05, 0) is 124 Å². The van der Waals surface area contributed by atoms with Crippen LogP contribution in [0, 0.1) is 54.0 Å². The number of anilines is 2. The molecule has 1 radical (unpaired) electrons. The lowest BCUT2D eigenvalue weighted by atomic mass is 9.53. The summed E-state index contributed by atoms with van der Waals surface area (Å²) in [6, 6.07) is 20.2. The highest BCUT2D eigenvalue weighted by molar-refractivity contribution is 5.90. The van der Waals surface area contributed by atoms with E-state index in [1.54, 1.807) is 0 Å². The van der Waals surface area contributed by atoms with Crippen molar-refractivity contribution in [2.24, 2.45) is 47.3 Å². The van der Waals surface area contributed by atoms with Crippen molar-refractivity contribution in [2.75, 3.05) is 9.80 Å². The Balaban J connectivity index is 1.19. The minimum atomic E-state index is 0.692. The van der Waals surface area contributed by atoms with Gasteiger partial charge in [0.25, 0.3) is 0 Å². The predicted molar refractivity (Wildman–Crippen MR) is 143 cm³/mol. The monoisotopic (exact) mass is 463 g/mol. The maximum atomic E-state index is 2.85. The largest absolute Gasteiger partial charge is 0.344 e. The third kappa shape index (κ3) is 2.89. The first-order valence-corrected chi connectivity index (χ1v) is 14.9. The van der Waals surface area contributed by atoms with Crippen LogP contribution in [0.2, 0.25) is 0 Å². The van der Waals surface area contributed by atoms with E-state index in [-0.39, 0.29) is 0 Å². The Bertz CT molecular complexity index is 1010. The lowest BCUT2D eigenvalue weighted by molar-refractivity contribution is -0.00709. The van der Waals surface area contributed by atoms with Crippen LogP contribution < -0.4 is 9.80 Å². The highest BCUT2D eigenvalue weighted by Crippen LogP contribution is 2.60. The van der Waals surface area contributed by atoms with Crippen LogP contribution in [-0.4, -0.2) is 12.1 Å². The molecule has 8 fully saturated rings. The molecular weight excluding hydrogens is 424 g/mol. The molecule has 8 aliphatic carbocycles. The van der Waals surface area contributed by atoms with Crippen LogP contribution >= 0.6 is 0 Å². The number of rotatable bonds is 2. The number of hydrogen-bond acceptors (Lipinski definition) is 2. The van der Waals surface area contributed by atoms with Crippen LogP contribution in [-0.2, 0) is 0 Å². The van der Waals surface area contributed by atoms with Crippen LogP contribution in [0.5, 0.6) is 0 Å². The van der Waals surface area contributed by atoms with Gasteiger partial charge >= 0.3 is 0 Å². The molecule has 1 aliphatic heterocycles. The highest BCUT2D eigenvalue weighted by Gasteiger charge is 2.54. The first kappa shape index (κ1) is 20.1. The minimum Gasteiger partial charge on any atom is -0.344 e. The Labute approximate surface area is 211 Å². The zero-order chi connectivity index (χ0) is 22.7. The van der Waals surface area contributed by atoms with Gasteiger partial charge in [0.15, 0.2) is 0 Å². The van der Waals surface area contributed by atoms with E-state index in [4.69, 9.17) is 0 Å². The van der Waals surface area contributed by atoms with E-state index in [1.807, 2.05) is 0 Å². The van der Waals surface area contributed by atoms with Gasteiger partial charge in [-0.25, -0.2) is 0 Å². The van der Waals surface area contributed by atoms with Crippen LogP contribution in [0.4, 0.5) is 11.4 Å². The zero-order valence-corrected chi connectivity index (χ0v) is 20.9. The molecule has 2 heteroatoms. The molecule has 181 valence electrons. The quantitative estimate of drug-likeness (QED) is 0.449. The van der Waals surface area contributed by atoms with Crippen molar-refractivity contribution in [3.8, 4) is 11.1 Å². The summed E-state index contributed by atoms with van der Waals surface area (Å²) < 4.78 is 0. The van der Waals surface area contributed by atoms with Gasteiger partial charge in [0, 0.05) is 34.6 Å². The van der Waals surface area contributed by atoms with Gasteiger partial charge in [-0.3, -0.25) is 0 Å². The van der Waals surface area contributed by atoms with Crippen molar-refractivity contribution in [1.82, 2.24) is 0 Å². The Kier molecular flexibility index (Phi) is 4.20. The first-order valence-electron chi connectivity index (χ1n) is 14.9. The second-order valence-corrected chi connectivity index (χ2v) is 13.8. The summed E-state index contributed by atoms with van der Waals surface area (Å²) >= 11 is 0. The molecule has 35 heavy (non-hydrogen) atoms. The first-order chi connectivity index (χ1) is 17.3. The van der Waals surface area contributed by atoms with Gasteiger partial charge in [-0.2, -0.15) is 0 Å². The topological polar surface area (TPSA) is 6.48 Å². The summed E-state index contributed by atoms with van der Waals surface area (Å²) in [5.41, 5.74) is 5.87. The Morgan fingerprint density at radius 2 is 0.771 bits per heavy atom. The summed E-state index contributed by atoms with van der Waals surface area (Å²) in [6.45, 7) is 2.69. The molecule has 0 unspecified atom stereocenters. The summed E-state index contributed by atoms with van der Waals surface area (Å²) in [4.78, 5) is 5.71. The fraction of sp³-hybridized carbons (Fsp3) is 0.606. The SMILES string of the molecule is [CH]1N(C2C3CC4CC(C3)CC2C4)c2ccccc2-c2ccccc2N1C1C2CC3CC(C2)CC1C3. The highest BCUT2D eigenvalue weighted by atomic mass is 15.4. The van der Waals surface area contributed by atoms with Crippen LogP contribution in [0.1, 0.15) is 64.2 Å². The fourth-order valence-corrected chi connectivity index (χ4v) is 11.3. The lowest BCUT2D eigenvalue weighted by Crippen LogP contribution is -2.60. The standard InChI is InChI=1S/C33H39N2/c1-3-7-30-28(5-1)29-6-2-4-8-31(29)35(33-26-15-22-10-23(17-26)18-27(33)16-22)19-34(30)32-24-11-20-9-21(13-24)14-25(32)12-20/h1-8,19-27,32-33H,9-18H2. The van der Waals surface area contributed by atoms with E-state index in [9.17, 15) is 0 Å². The molecule has 9 aliphatic rings. The molecule has 1 heterocycles. The Morgan fingerprint density at radius 3 is 1.14 bits per heavy atom. The molecule has 0 N–H and O–H groups in total. The number of nitrogens with zero attached hydrogens (tertiary/aromatic N) is 2. The molecule has 0 atom stereocenters. The van der Waals surface area contributed by atoms with Crippen LogP contribution in [0.25, 0.3) is 11.1 Å². The van der Waals surface area contributed by atoms with Crippen LogP contribution in [0.3, 0.4) is 0 Å². The maximum Gasteiger partial charge on any atom is 0.142 e. The van der Waals surface area contributed by atoms with Gasteiger partial charge in [-0.1, -0.05) is 36.4 Å². The van der Waals surface area contributed by atoms with Crippen molar-refractivity contribution in [3.05, 3.63) is 55.2 Å². The number of para-hydroxylation sites is 2. The van der Waals surface area contributed by atoms with Gasteiger partial charge in [0.1, 0.15) is 6.67 Å². The Hall–Kier alpha value is -1.96. The smallest absolute Gasteiger partial charge is 0.142 e. The fourth-order valence-electron chi connectivity index (χ4n) is 11.3. The van der Waals surface area contributed by atoms with Crippen molar-refractivity contribution < 1.29 is 0 Å². The van der Waals surface area contributed by atoms with E-state index in [2.05, 4.69) is 65.0 Å². The van der Waals surface area contributed by atoms with E-state index in [1.165, 1.54) is 86.7 Å². The summed E-state index contributed by atoms with van der Waals surface area (Å²) in [5.74, 6) is 7.63. The number of benzene rings is 2. The molecule has 0 saturated heterocycles. The van der Waals surface area contributed by atoms with Crippen molar-refractivity contribution in [3.63, 3.8) is 0 Å². The van der Waals surface area contributed by atoms with E-state index >= 15 is 0 Å². The average Bonchev–Trinajstić information content (AvgIpc) is 2.99. The van der Waals surface area contributed by atoms with Crippen LogP contribution in [0.15, 0.2) is 48.5 Å². The number of hydrogen-bond donors (Lipinski definition) is 0.